The molecule has 5 heteroatoms. The fourth-order valence-corrected chi connectivity index (χ4v) is 5.74. The first kappa shape index (κ1) is 14.8. The number of fused-ring (bicyclic) bond motifs is 1. The van der Waals surface area contributed by atoms with Gasteiger partial charge in [0.2, 0.25) is 10.0 Å². The van der Waals surface area contributed by atoms with E-state index in [0.29, 0.717) is 11.3 Å². The predicted molar refractivity (Wildman–Crippen MR) is 81.6 cm³/mol. The molecule has 1 aromatic carbocycles. The molecule has 1 heterocycles. The molecule has 2 aliphatic rings. The summed E-state index contributed by atoms with van der Waals surface area (Å²) >= 11 is 0. The maximum Gasteiger partial charge on any atom is 0.244 e. The number of nitrogens with zero attached hydrogens (tertiary/aromatic N) is 1. The normalized spacial score (nSPS) is 34.5. The Hall–Kier alpha value is -1.17. The van der Waals surface area contributed by atoms with E-state index in [1.807, 2.05) is 25.1 Å². The SMILES string of the molecule is C=CC[C@]12CC[C@@H](OC)[C@H]1N2S(=O)(=O)c1ccc(C)cc1. The summed E-state index contributed by atoms with van der Waals surface area (Å²) in [5, 5.41) is 0. The maximum atomic E-state index is 12.9. The molecule has 0 bridgehead atoms. The Labute approximate surface area is 126 Å². The Morgan fingerprint density at radius 1 is 1.43 bits per heavy atom. The molecule has 4 nitrogen and oxygen atoms in total. The summed E-state index contributed by atoms with van der Waals surface area (Å²) in [6.45, 7) is 5.73. The number of hydrogen-bond donors (Lipinski definition) is 0. The first-order chi connectivity index (χ1) is 9.97. The molecule has 1 unspecified atom stereocenters. The van der Waals surface area contributed by atoms with Crippen LogP contribution < -0.4 is 0 Å². The molecule has 0 N–H and O–H groups in total. The highest BCUT2D eigenvalue weighted by atomic mass is 32.2. The van der Waals surface area contributed by atoms with Gasteiger partial charge in [-0.2, -0.15) is 4.31 Å². The van der Waals surface area contributed by atoms with Crippen molar-refractivity contribution in [3.8, 4) is 0 Å². The minimum Gasteiger partial charge on any atom is -0.380 e. The minimum atomic E-state index is -3.46. The molecule has 3 rings (SSSR count). The lowest BCUT2D eigenvalue weighted by Crippen LogP contribution is -2.26. The zero-order valence-corrected chi connectivity index (χ0v) is 13.3. The van der Waals surface area contributed by atoms with Gasteiger partial charge in [-0.05, 0) is 38.3 Å². The maximum absolute atomic E-state index is 12.9. The third-order valence-electron chi connectivity index (χ3n) is 4.77. The van der Waals surface area contributed by atoms with Crippen molar-refractivity contribution in [3.05, 3.63) is 42.5 Å². The first-order valence-electron chi connectivity index (χ1n) is 7.22. The van der Waals surface area contributed by atoms with Gasteiger partial charge in [0.25, 0.3) is 0 Å². The van der Waals surface area contributed by atoms with Crippen molar-refractivity contribution in [1.29, 1.82) is 0 Å². The van der Waals surface area contributed by atoms with Crippen molar-refractivity contribution in [1.82, 2.24) is 4.31 Å². The van der Waals surface area contributed by atoms with Crippen molar-refractivity contribution in [2.45, 2.75) is 48.8 Å². The summed E-state index contributed by atoms with van der Waals surface area (Å²) in [4.78, 5) is 0.362. The van der Waals surface area contributed by atoms with Gasteiger partial charge >= 0.3 is 0 Å². The summed E-state index contributed by atoms with van der Waals surface area (Å²) in [6, 6.07) is 6.98. The molecule has 114 valence electrons. The molecule has 0 aromatic heterocycles. The van der Waals surface area contributed by atoms with Crippen LogP contribution in [0.5, 0.6) is 0 Å². The second-order valence-corrected chi connectivity index (χ2v) is 7.78. The highest BCUT2D eigenvalue weighted by Gasteiger charge is 2.73. The van der Waals surface area contributed by atoms with Crippen LogP contribution in [0.2, 0.25) is 0 Å². The molecule has 1 saturated heterocycles. The summed E-state index contributed by atoms with van der Waals surface area (Å²) in [7, 11) is -1.80. The highest BCUT2D eigenvalue weighted by Crippen LogP contribution is 2.58. The van der Waals surface area contributed by atoms with Gasteiger partial charge in [0.05, 0.1) is 22.6 Å². The topological polar surface area (TPSA) is 46.4 Å². The van der Waals surface area contributed by atoms with E-state index in [-0.39, 0.29) is 17.7 Å². The quantitative estimate of drug-likeness (QED) is 0.620. The molecule has 1 aliphatic heterocycles. The second-order valence-electron chi connectivity index (χ2n) is 5.97. The summed E-state index contributed by atoms with van der Waals surface area (Å²) < 4.78 is 32.9. The highest BCUT2D eigenvalue weighted by molar-refractivity contribution is 7.89. The third kappa shape index (κ3) is 2.06. The number of hydrogen-bond acceptors (Lipinski definition) is 3. The molecule has 0 amide bonds. The van der Waals surface area contributed by atoms with Gasteiger partial charge in [-0.3, -0.25) is 0 Å². The van der Waals surface area contributed by atoms with Crippen LogP contribution in [0.25, 0.3) is 0 Å². The average Bonchev–Trinajstić information content (AvgIpc) is 2.98. The number of piperidine rings is 1. The van der Waals surface area contributed by atoms with Gasteiger partial charge in [-0.1, -0.05) is 23.8 Å². The Kier molecular flexibility index (Phi) is 3.47. The Balaban J connectivity index is 1.96. The van der Waals surface area contributed by atoms with Crippen molar-refractivity contribution >= 4 is 10.0 Å². The van der Waals surface area contributed by atoms with Gasteiger partial charge in [-0.25, -0.2) is 8.42 Å². The van der Waals surface area contributed by atoms with Crippen LogP contribution in [0.15, 0.2) is 41.8 Å². The number of benzene rings is 1. The molecule has 1 aliphatic carbocycles. The van der Waals surface area contributed by atoms with E-state index >= 15 is 0 Å². The van der Waals surface area contributed by atoms with Crippen molar-refractivity contribution in [2.75, 3.05) is 7.11 Å². The fraction of sp³-hybridized carbons (Fsp3) is 0.500. The van der Waals surface area contributed by atoms with E-state index < -0.39 is 10.0 Å². The van der Waals surface area contributed by atoms with Crippen molar-refractivity contribution < 1.29 is 13.2 Å². The fourth-order valence-electron chi connectivity index (χ4n) is 3.70. The van der Waals surface area contributed by atoms with Gasteiger partial charge in [0.15, 0.2) is 0 Å². The zero-order valence-electron chi connectivity index (χ0n) is 12.5. The van der Waals surface area contributed by atoms with E-state index in [0.717, 1.165) is 18.4 Å². The van der Waals surface area contributed by atoms with Crippen LogP contribution in [0, 0.1) is 6.92 Å². The minimum absolute atomic E-state index is 0.00910. The van der Waals surface area contributed by atoms with E-state index in [2.05, 4.69) is 6.58 Å². The third-order valence-corrected chi connectivity index (χ3v) is 6.74. The van der Waals surface area contributed by atoms with Crippen molar-refractivity contribution in [2.24, 2.45) is 0 Å². The number of ether oxygens (including phenoxy) is 1. The van der Waals surface area contributed by atoms with Crippen LogP contribution in [-0.4, -0.2) is 37.5 Å². The smallest absolute Gasteiger partial charge is 0.244 e. The summed E-state index contributed by atoms with van der Waals surface area (Å²) in [6.07, 6.45) is 4.24. The van der Waals surface area contributed by atoms with E-state index in [9.17, 15) is 8.42 Å². The largest absolute Gasteiger partial charge is 0.380 e. The standard InChI is InChI=1S/C16H21NO3S/c1-4-10-16-11-9-14(20-3)15(16)17(16)21(18,19)13-7-5-12(2)6-8-13/h4-8,14-15H,1,9-11H2,2-3H3/t14-,15-,16+,17?/m1/s1. The van der Waals surface area contributed by atoms with Crippen LogP contribution in [0.1, 0.15) is 24.8 Å². The molecular formula is C16H21NO3S. The van der Waals surface area contributed by atoms with Gasteiger partial charge in [-0.15, -0.1) is 6.58 Å². The Morgan fingerprint density at radius 2 is 2.10 bits per heavy atom. The molecule has 21 heavy (non-hydrogen) atoms. The lowest BCUT2D eigenvalue weighted by Gasteiger charge is -2.17. The molecule has 1 saturated carbocycles. The Bertz CT molecular complexity index is 653. The molecular weight excluding hydrogens is 286 g/mol. The molecule has 0 radical (unpaired) electrons. The van der Waals surface area contributed by atoms with Crippen LogP contribution in [-0.2, 0) is 14.8 Å². The van der Waals surface area contributed by atoms with Gasteiger partial charge in [0, 0.05) is 7.11 Å². The van der Waals surface area contributed by atoms with Crippen molar-refractivity contribution in [3.63, 3.8) is 0 Å². The first-order valence-corrected chi connectivity index (χ1v) is 8.66. The number of aryl methyl sites for hydroxylation is 1. The zero-order chi connectivity index (χ0) is 15.3. The van der Waals surface area contributed by atoms with Gasteiger partial charge in [0.1, 0.15) is 0 Å². The predicted octanol–water partition coefficient (Wildman–Crippen LogP) is 2.49. The molecule has 4 atom stereocenters. The summed E-state index contributed by atoms with van der Waals surface area (Å²) in [5.41, 5.74) is 0.738. The van der Waals surface area contributed by atoms with E-state index in [1.54, 1.807) is 23.5 Å². The van der Waals surface area contributed by atoms with Gasteiger partial charge < -0.3 is 4.74 Å². The monoisotopic (exact) mass is 307 g/mol. The number of rotatable bonds is 5. The summed E-state index contributed by atoms with van der Waals surface area (Å²) in [5.74, 6) is 0. The average molecular weight is 307 g/mol. The van der Waals surface area contributed by atoms with Crippen LogP contribution in [0.4, 0.5) is 0 Å². The Morgan fingerprint density at radius 3 is 2.67 bits per heavy atom. The van der Waals surface area contributed by atoms with E-state index in [1.165, 1.54) is 0 Å². The van der Waals surface area contributed by atoms with Crippen LogP contribution in [0.3, 0.4) is 0 Å². The van der Waals surface area contributed by atoms with Crippen LogP contribution >= 0.6 is 0 Å². The van der Waals surface area contributed by atoms with E-state index in [4.69, 9.17) is 4.74 Å². The lowest BCUT2D eigenvalue weighted by molar-refractivity contribution is 0.0962. The molecule has 0 spiro atoms. The number of methoxy groups -OCH3 is 1. The second kappa shape index (κ2) is 4.93. The molecule has 1 aromatic rings. The number of sulfonamides is 1. The molecule has 2 fully saturated rings. The lowest BCUT2D eigenvalue weighted by atomic mass is 10.0.